The van der Waals surface area contributed by atoms with Crippen molar-refractivity contribution in [3.05, 3.63) is 108 Å². The SMILES string of the molecule is CCCN(CCC)CCC[C@H](NC(=O)c1ccc(CNCc2ccccn2)c2ncccc12)C(=O)NCCc1c[nH]c2ccccc12. The number of hydrogen-bond donors (Lipinski definition) is 4. The fourth-order valence-electron chi connectivity index (χ4n) is 6.17. The van der Waals surface area contributed by atoms with Crippen molar-refractivity contribution in [2.45, 2.75) is 65.1 Å². The number of carbonyl (C=O) groups is 2. The van der Waals surface area contributed by atoms with E-state index in [9.17, 15) is 9.59 Å². The first-order valence-corrected chi connectivity index (χ1v) is 16.9. The molecule has 246 valence electrons. The van der Waals surface area contributed by atoms with E-state index in [-0.39, 0.29) is 11.8 Å². The normalized spacial score (nSPS) is 12.1. The Bertz CT molecular complexity index is 1730. The quantitative estimate of drug-likeness (QED) is 0.0976. The van der Waals surface area contributed by atoms with Crippen molar-refractivity contribution in [3.63, 3.8) is 0 Å². The van der Waals surface area contributed by atoms with Gasteiger partial charge in [-0.15, -0.1) is 0 Å². The van der Waals surface area contributed by atoms with Crippen molar-refractivity contribution >= 4 is 33.6 Å². The second kappa shape index (κ2) is 17.4. The van der Waals surface area contributed by atoms with Crippen molar-refractivity contribution in [1.29, 1.82) is 0 Å². The molecule has 0 aliphatic carbocycles. The minimum Gasteiger partial charge on any atom is -0.361 e. The Morgan fingerprint density at radius 2 is 1.62 bits per heavy atom. The predicted molar refractivity (Wildman–Crippen MR) is 189 cm³/mol. The van der Waals surface area contributed by atoms with Gasteiger partial charge in [0.25, 0.3) is 5.91 Å². The first-order chi connectivity index (χ1) is 23.1. The largest absolute Gasteiger partial charge is 0.361 e. The van der Waals surface area contributed by atoms with Crippen molar-refractivity contribution in [1.82, 2.24) is 35.8 Å². The standard InChI is InChI=1S/C38H47N7O2/c1-3-22-45(23-4-2)24-10-15-35(38(47)42-21-18-28-26-43-34-14-6-5-12-31(28)34)44-37(46)33-17-16-29(36-32(33)13-9-20-41-36)25-39-27-30-11-7-8-19-40-30/h5-9,11-14,16-17,19-20,26,35,39,43H,3-4,10,15,18,21-25,27H2,1-2H3,(H,42,47)(H,44,46)/t35-/m0/s1. The molecule has 5 aromatic rings. The molecule has 0 saturated carbocycles. The maximum Gasteiger partial charge on any atom is 0.252 e. The lowest BCUT2D eigenvalue weighted by atomic mass is 10.0. The second-order valence-corrected chi connectivity index (χ2v) is 12.0. The van der Waals surface area contributed by atoms with E-state index in [0.29, 0.717) is 38.0 Å². The van der Waals surface area contributed by atoms with E-state index in [0.717, 1.165) is 77.5 Å². The highest BCUT2D eigenvalue weighted by Crippen LogP contribution is 2.22. The van der Waals surface area contributed by atoms with E-state index in [1.54, 1.807) is 12.4 Å². The Morgan fingerprint density at radius 1 is 0.830 bits per heavy atom. The highest BCUT2D eigenvalue weighted by atomic mass is 16.2. The van der Waals surface area contributed by atoms with Crippen LogP contribution in [0.2, 0.25) is 0 Å². The van der Waals surface area contributed by atoms with E-state index in [2.05, 4.69) is 55.7 Å². The molecule has 9 nitrogen and oxygen atoms in total. The highest BCUT2D eigenvalue weighted by Gasteiger charge is 2.23. The summed E-state index contributed by atoms with van der Waals surface area (Å²) in [5.74, 6) is -0.430. The molecule has 0 aliphatic rings. The van der Waals surface area contributed by atoms with Gasteiger partial charge in [0.1, 0.15) is 6.04 Å². The summed E-state index contributed by atoms with van der Waals surface area (Å²) in [5.41, 5.74) is 5.47. The molecule has 2 amide bonds. The zero-order valence-corrected chi connectivity index (χ0v) is 27.6. The van der Waals surface area contributed by atoms with Gasteiger partial charge < -0.3 is 25.8 Å². The van der Waals surface area contributed by atoms with E-state index in [1.165, 1.54) is 0 Å². The lowest BCUT2D eigenvalue weighted by Gasteiger charge is -2.23. The maximum atomic E-state index is 13.8. The lowest BCUT2D eigenvalue weighted by Crippen LogP contribution is -2.47. The van der Waals surface area contributed by atoms with Gasteiger partial charge in [-0.25, -0.2) is 0 Å². The minimum atomic E-state index is -0.651. The van der Waals surface area contributed by atoms with Gasteiger partial charge in [-0.1, -0.05) is 50.2 Å². The Labute approximate surface area is 277 Å². The molecule has 0 bridgehead atoms. The number of para-hydroxylation sites is 1. The molecule has 5 rings (SSSR count). The molecule has 47 heavy (non-hydrogen) atoms. The zero-order chi connectivity index (χ0) is 32.8. The number of amides is 2. The highest BCUT2D eigenvalue weighted by molar-refractivity contribution is 6.08. The third kappa shape index (κ3) is 9.24. The van der Waals surface area contributed by atoms with Crippen LogP contribution in [0.25, 0.3) is 21.8 Å². The van der Waals surface area contributed by atoms with Crippen LogP contribution in [0.4, 0.5) is 0 Å². The summed E-state index contributed by atoms with van der Waals surface area (Å²) in [7, 11) is 0. The Balaban J connectivity index is 1.27. The summed E-state index contributed by atoms with van der Waals surface area (Å²) < 4.78 is 0. The van der Waals surface area contributed by atoms with Crippen LogP contribution in [-0.2, 0) is 24.3 Å². The van der Waals surface area contributed by atoms with Gasteiger partial charge in [-0.05, 0) is 93.2 Å². The van der Waals surface area contributed by atoms with Crippen LogP contribution in [-0.4, -0.2) is 63.9 Å². The number of fused-ring (bicyclic) bond motifs is 2. The van der Waals surface area contributed by atoms with E-state index >= 15 is 0 Å². The third-order valence-corrected chi connectivity index (χ3v) is 8.48. The van der Waals surface area contributed by atoms with Crippen molar-refractivity contribution in [2.24, 2.45) is 0 Å². The Kier molecular flexibility index (Phi) is 12.5. The van der Waals surface area contributed by atoms with Crippen LogP contribution in [0.5, 0.6) is 0 Å². The van der Waals surface area contributed by atoms with Crippen LogP contribution >= 0.6 is 0 Å². The second-order valence-electron chi connectivity index (χ2n) is 12.0. The van der Waals surface area contributed by atoms with Gasteiger partial charge in [0.2, 0.25) is 5.91 Å². The molecule has 0 unspecified atom stereocenters. The summed E-state index contributed by atoms with van der Waals surface area (Å²) in [6.45, 7) is 9.03. The lowest BCUT2D eigenvalue weighted by molar-refractivity contribution is -0.123. The molecule has 0 fully saturated rings. The average molecular weight is 634 g/mol. The number of H-pyrrole nitrogens is 1. The summed E-state index contributed by atoms with van der Waals surface area (Å²) in [6, 6.07) is 20.9. The van der Waals surface area contributed by atoms with Gasteiger partial charge in [0, 0.05) is 60.1 Å². The molecule has 0 aliphatic heterocycles. The number of pyridine rings is 2. The number of nitrogens with one attached hydrogen (secondary N) is 4. The summed E-state index contributed by atoms with van der Waals surface area (Å²) >= 11 is 0. The van der Waals surface area contributed by atoms with Crippen LogP contribution < -0.4 is 16.0 Å². The number of nitrogens with zero attached hydrogens (tertiary/aromatic N) is 3. The van der Waals surface area contributed by atoms with E-state index < -0.39 is 6.04 Å². The molecular formula is C38H47N7O2. The summed E-state index contributed by atoms with van der Waals surface area (Å²) in [5, 5.41) is 11.6. The molecule has 2 aromatic carbocycles. The van der Waals surface area contributed by atoms with Gasteiger partial charge in [0.15, 0.2) is 0 Å². The molecular weight excluding hydrogens is 586 g/mol. The van der Waals surface area contributed by atoms with E-state index in [4.69, 9.17) is 0 Å². The summed E-state index contributed by atoms with van der Waals surface area (Å²) in [4.78, 5) is 42.2. The van der Waals surface area contributed by atoms with Crippen molar-refractivity contribution in [3.8, 4) is 0 Å². The number of carbonyl (C=O) groups excluding carboxylic acids is 2. The van der Waals surface area contributed by atoms with E-state index in [1.807, 2.05) is 66.9 Å². The number of aromatic nitrogens is 3. The first-order valence-electron chi connectivity index (χ1n) is 16.9. The molecule has 3 aromatic heterocycles. The molecule has 1 atom stereocenters. The number of hydrogen-bond acceptors (Lipinski definition) is 6. The number of rotatable bonds is 18. The van der Waals surface area contributed by atoms with Crippen molar-refractivity contribution < 1.29 is 9.59 Å². The van der Waals surface area contributed by atoms with Gasteiger partial charge in [-0.3, -0.25) is 19.6 Å². The Hall–Kier alpha value is -4.60. The molecule has 4 N–H and O–H groups in total. The zero-order valence-electron chi connectivity index (χ0n) is 27.6. The summed E-state index contributed by atoms with van der Waals surface area (Å²) in [6.07, 6.45) is 9.77. The van der Waals surface area contributed by atoms with Gasteiger partial charge in [-0.2, -0.15) is 0 Å². The number of benzene rings is 2. The average Bonchev–Trinajstić information content (AvgIpc) is 3.51. The predicted octanol–water partition coefficient (Wildman–Crippen LogP) is 5.76. The molecule has 0 spiro atoms. The topological polar surface area (TPSA) is 115 Å². The number of aromatic amines is 1. The first kappa shape index (κ1) is 33.8. The van der Waals surface area contributed by atoms with Crippen LogP contribution in [0.3, 0.4) is 0 Å². The fourth-order valence-corrected chi connectivity index (χ4v) is 6.17. The molecule has 3 heterocycles. The molecule has 9 heteroatoms. The van der Waals surface area contributed by atoms with Crippen LogP contribution in [0.1, 0.15) is 66.7 Å². The molecule has 0 radical (unpaired) electrons. The van der Waals surface area contributed by atoms with Crippen LogP contribution in [0, 0.1) is 0 Å². The molecule has 0 saturated heterocycles. The van der Waals surface area contributed by atoms with Gasteiger partial charge >= 0.3 is 0 Å². The fraction of sp³-hybridized carbons (Fsp3) is 0.368. The Morgan fingerprint density at radius 3 is 2.43 bits per heavy atom. The monoisotopic (exact) mass is 633 g/mol. The third-order valence-electron chi connectivity index (χ3n) is 8.48. The van der Waals surface area contributed by atoms with Crippen molar-refractivity contribution in [2.75, 3.05) is 26.2 Å². The van der Waals surface area contributed by atoms with Gasteiger partial charge in [0.05, 0.1) is 11.2 Å². The maximum absolute atomic E-state index is 13.8. The smallest absolute Gasteiger partial charge is 0.252 e. The van der Waals surface area contributed by atoms with Crippen LogP contribution in [0.15, 0.2) is 85.3 Å². The minimum absolute atomic E-state index is 0.159.